The number of ether oxygens (including phenoxy) is 1. The second-order valence-electron chi connectivity index (χ2n) is 6.71. The number of nitrogens with two attached hydrogens (primary N) is 1. The lowest BCUT2D eigenvalue weighted by molar-refractivity contribution is 0.0937. The number of rotatable bonds is 6. The molecule has 140 valence electrons. The molecular weight excluding hydrogens is 349 g/mol. The third-order valence-electron chi connectivity index (χ3n) is 4.51. The van der Waals surface area contributed by atoms with Gasteiger partial charge >= 0.3 is 0 Å². The predicted molar refractivity (Wildman–Crippen MR) is 97.7 cm³/mol. The number of phenolic OH excluding ortho intramolecular Hbond substituents is 1. The number of phenols is 1. The monoisotopic (exact) mass is 369 g/mol. The van der Waals surface area contributed by atoms with Gasteiger partial charge in [0.1, 0.15) is 11.8 Å². The second kappa shape index (κ2) is 7.54. The van der Waals surface area contributed by atoms with Crippen LogP contribution in [-0.4, -0.2) is 17.6 Å². The molecule has 1 saturated carbocycles. The molecular formula is C20H20FN3O3. The number of amides is 1. The van der Waals surface area contributed by atoms with Gasteiger partial charge in [-0.25, -0.2) is 4.39 Å². The van der Waals surface area contributed by atoms with Gasteiger partial charge in [-0.15, -0.1) is 0 Å². The van der Waals surface area contributed by atoms with Gasteiger partial charge in [0.15, 0.2) is 11.6 Å². The van der Waals surface area contributed by atoms with Crippen LogP contribution in [0.15, 0.2) is 30.3 Å². The number of aromatic hydroxyl groups is 1. The van der Waals surface area contributed by atoms with Crippen molar-refractivity contribution in [2.24, 2.45) is 5.92 Å². The van der Waals surface area contributed by atoms with Crippen molar-refractivity contribution in [2.75, 3.05) is 12.3 Å². The minimum absolute atomic E-state index is 0.0718. The zero-order valence-electron chi connectivity index (χ0n) is 14.8. The van der Waals surface area contributed by atoms with Gasteiger partial charge in [0.2, 0.25) is 0 Å². The highest BCUT2D eigenvalue weighted by Crippen LogP contribution is 2.31. The van der Waals surface area contributed by atoms with E-state index in [-0.39, 0.29) is 28.3 Å². The Bertz CT molecular complexity index is 919. The number of carbonyl (C=O) groups is 1. The summed E-state index contributed by atoms with van der Waals surface area (Å²) >= 11 is 0. The van der Waals surface area contributed by atoms with Gasteiger partial charge in [-0.1, -0.05) is 6.07 Å². The summed E-state index contributed by atoms with van der Waals surface area (Å²) in [5, 5.41) is 21.6. The molecule has 1 amide bonds. The van der Waals surface area contributed by atoms with Crippen molar-refractivity contribution in [3.05, 3.63) is 52.8 Å². The van der Waals surface area contributed by atoms with Crippen molar-refractivity contribution < 1.29 is 19.0 Å². The number of hydrogen-bond acceptors (Lipinski definition) is 5. The number of anilines is 1. The van der Waals surface area contributed by atoms with Crippen LogP contribution in [0.3, 0.4) is 0 Å². The largest absolute Gasteiger partial charge is 0.507 e. The molecule has 1 atom stereocenters. The fourth-order valence-corrected chi connectivity index (χ4v) is 2.64. The van der Waals surface area contributed by atoms with Gasteiger partial charge in [0.05, 0.1) is 29.5 Å². The Morgan fingerprint density at radius 3 is 2.81 bits per heavy atom. The van der Waals surface area contributed by atoms with Crippen molar-refractivity contribution in [1.82, 2.24) is 5.32 Å². The standard InChI is InChI=1S/C20H20FN3O3/c1-11(13-4-5-19(16(21)7-13)27-10-12-2-3-12)24-20(26)15-6-14(9-22)17(23)8-18(15)25/h4-8,11-12,25H,2-3,10,23H2,1H3,(H,24,26)/t11-/m0/s1. The summed E-state index contributed by atoms with van der Waals surface area (Å²) in [7, 11) is 0. The fourth-order valence-electron chi connectivity index (χ4n) is 2.64. The highest BCUT2D eigenvalue weighted by Gasteiger charge is 2.23. The summed E-state index contributed by atoms with van der Waals surface area (Å²) in [4.78, 5) is 12.4. The van der Waals surface area contributed by atoms with Crippen LogP contribution in [-0.2, 0) is 0 Å². The molecule has 0 aliphatic heterocycles. The molecule has 0 aromatic heterocycles. The molecule has 3 rings (SSSR count). The molecule has 27 heavy (non-hydrogen) atoms. The van der Waals surface area contributed by atoms with E-state index in [0.717, 1.165) is 18.9 Å². The molecule has 0 heterocycles. The van der Waals surface area contributed by atoms with E-state index in [0.29, 0.717) is 18.1 Å². The van der Waals surface area contributed by atoms with Crippen LogP contribution < -0.4 is 15.8 Å². The summed E-state index contributed by atoms with van der Waals surface area (Å²) in [5.74, 6) is -0.694. The van der Waals surface area contributed by atoms with Crippen LogP contribution in [0.5, 0.6) is 11.5 Å². The van der Waals surface area contributed by atoms with Crippen LogP contribution >= 0.6 is 0 Å². The minimum Gasteiger partial charge on any atom is -0.507 e. The summed E-state index contributed by atoms with van der Waals surface area (Å²) in [6, 6.07) is 8.26. The van der Waals surface area contributed by atoms with Gasteiger partial charge in [-0.2, -0.15) is 5.26 Å². The van der Waals surface area contributed by atoms with Crippen molar-refractivity contribution >= 4 is 11.6 Å². The van der Waals surface area contributed by atoms with E-state index in [1.807, 2.05) is 6.07 Å². The maximum absolute atomic E-state index is 14.2. The van der Waals surface area contributed by atoms with Crippen molar-refractivity contribution in [3.8, 4) is 17.6 Å². The molecule has 0 unspecified atom stereocenters. The van der Waals surface area contributed by atoms with Crippen LogP contribution in [0.2, 0.25) is 0 Å². The van der Waals surface area contributed by atoms with E-state index in [4.69, 9.17) is 15.7 Å². The average molecular weight is 369 g/mol. The Kier molecular flexibility index (Phi) is 5.17. The molecule has 1 fully saturated rings. The summed E-state index contributed by atoms with van der Waals surface area (Å²) < 4.78 is 19.7. The number of nitrogens with zero attached hydrogens (tertiary/aromatic N) is 1. The van der Waals surface area contributed by atoms with Gasteiger partial charge < -0.3 is 20.9 Å². The van der Waals surface area contributed by atoms with E-state index >= 15 is 0 Å². The van der Waals surface area contributed by atoms with Gasteiger partial charge in [-0.3, -0.25) is 4.79 Å². The number of carbonyl (C=O) groups excluding carboxylic acids is 1. The first kappa shape index (κ1) is 18.5. The maximum Gasteiger partial charge on any atom is 0.255 e. The van der Waals surface area contributed by atoms with Crippen LogP contribution in [0.4, 0.5) is 10.1 Å². The minimum atomic E-state index is -0.592. The molecule has 0 saturated heterocycles. The van der Waals surface area contributed by atoms with E-state index in [1.54, 1.807) is 19.1 Å². The predicted octanol–water partition coefficient (Wildman–Crippen LogP) is 3.26. The summed E-state index contributed by atoms with van der Waals surface area (Å²) in [5.41, 5.74) is 6.26. The molecule has 4 N–H and O–H groups in total. The first-order chi connectivity index (χ1) is 12.9. The number of hydrogen-bond donors (Lipinski definition) is 3. The fraction of sp³-hybridized carbons (Fsp3) is 0.300. The van der Waals surface area contributed by atoms with Crippen molar-refractivity contribution in [1.29, 1.82) is 5.26 Å². The van der Waals surface area contributed by atoms with Crippen LogP contribution in [0, 0.1) is 23.1 Å². The molecule has 0 radical (unpaired) electrons. The van der Waals surface area contributed by atoms with E-state index < -0.39 is 17.8 Å². The Labute approximate surface area is 156 Å². The average Bonchev–Trinajstić information content (AvgIpc) is 3.45. The van der Waals surface area contributed by atoms with Gasteiger partial charge in [0, 0.05) is 6.07 Å². The van der Waals surface area contributed by atoms with Crippen molar-refractivity contribution in [2.45, 2.75) is 25.8 Å². The van der Waals surface area contributed by atoms with Gasteiger partial charge in [-0.05, 0) is 49.4 Å². The number of nitriles is 1. The number of benzene rings is 2. The zero-order valence-corrected chi connectivity index (χ0v) is 14.8. The molecule has 6 nitrogen and oxygen atoms in total. The second-order valence-corrected chi connectivity index (χ2v) is 6.71. The number of halogens is 1. The van der Waals surface area contributed by atoms with E-state index in [1.165, 1.54) is 12.1 Å². The summed E-state index contributed by atoms with van der Waals surface area (Å²) in [6.45, 7) is 2.21. The molecule has 0 bridgehead atoms. The molecule has 0 spiro atoms. The smallest absolute Gasteiger partial charge is 0.255 e. The zero-order chi connectivity index (χ0) is 19.6. The highest BCUT2D eigenvalue weighted by atomic mass is 19.1. The Morgan fingerprint density at radius 2 is 2.19 bits per heavy atom. The first-order valence-corrected chi connectivity index (χ1v) is 8.64. The summed E-state index contributed by atoms with van der Waals surface area (Å²) in [6.07, 6.45) is 2.24. The van der Waals surface area contributed by atoms with E-state index in [9.17, 15) is 14.3 Å². The van der Waals surface area contributed by atoms with Crippen LogP contribution in [0.25, 0.3) is 0 Å². The Balaban J connectivity index is 1.71. The third-order valence-corrected chi connectivity index (χ3v) is 4.51. The molecule has 7 heteroatoms. The Morgan fingerprint density at radius 1 is 1.44 bits per heavy atom. The molecule has 1 aliphatic rings. The Hall–Kier alpha value is -3.27. The van der Waals surface area contributed by atoms with E-state index in [2.05, 4.69) is 5.32 Å². The van der Waals surface area contributed by atoms with Crippen molar-refractivity contribution in [3.63, 3.8) is 0 Å². The highest BCUT2D eigenvalue weighted by molar-refractivity contribution is 5.98. The van der Waals surface area contributed by atoms with Gasteiger partial charge in [0.25, 0.3) is 5.91 Å². The molecule has 2 aromatic rings. The number of nitrogens with one attached hydrogen (secondary N) is 1. The normalized spacial score (nSPS) is 14.3. The van der Waals surface area contributed by atoms with Crippen LogP contribution in [0.1, 0.15) is 47.3 Å². The SMILES string of the molecule is C[C@H](NC(=O)c1cc(C#N)c(N)cc1O)c1ccc(OCC2CC2)c(F)c1. The topological polar surface area (TPSA) is 108 Å². The maximum atomic E-state index is 14.2. The lowest BCUT2D eigenvalue weighted by Gasteiger charge is -2.16. The molecule has 2 aromatic carbocycles. The quantitative estimate of drug-likeness (QED) is 0.677. The lowest BCUT2D eigenvalue weighted by Crippen LogP contribution is -2.27. The number of nitrogen functional groups attached to an aromatic ring is 1. The third kappa shape index (κ3) is 4.29. The molecule has 1 aliphatic carbocycles. The first-order valence-electron chi connectivity index (χ1n) is 8.64. The lowest BCUT2D eigenvalue weighted by atomic mass is 10.0.